The standard InChI is InChI=1S/C14H11FIN3O/c1-19-14(11(16)7-18-19)13-9(6-17)12(5-4-10(13)15)20-8-2-3-8/h4-5,7-8H,2-3H2,1H3. The summed E-state index contributed by atoms with van der Waals surface area (Å²) in [5.74, 6) is 0.00890. The van der Waals surface area contributed by atoms with Crippen molar-refractivity contribution in [2.24, 2.45) is 7.05 Å². The van der Waals surface area contributed by atoms with Crippen LogP contribution in [0.2, 0.25) is 0 Å². The number of benzene rings is 1. The Hall–Kier alpha value is -1.62. The lowest BCUT2D eigenvalue weighted by Gasteiger charge is -2.12. The van der Waals surface area contributed by atoms with E-state index < -0.39 is 5.82 Å². The van der Waals surface area contributed by atoms with Crippen molar-refractivity contribution in [1.29, 1.82) is 5.26 Å². The Bertz CT molecular complexity index is 696. The van der Waals surface area contributed by atoms with Gasteiger partial charge in [-0.2, -0.15) is 10.4 Å². The molecule has 1 heterocycles. The minimum Gasteiger partial charge on any atom is -0.489 e. The van der Waals surface area contributed by atoms with E-state index in [4.69, 9.17) is 4.74 Å². The van der Waals surface area contributed by atoms with Gasteiger partial charge in [0.2, 0.25) is 0 Å². The molecule has 0 N–H and O–H groups in total. The molecule has 1 aromatic carbocycles. The van der Waals surface area contributed by atoms with Crippen LogP contribution in [0.15, 0.2) is 18.3 Å². The van der Waals surface area contributed by atoms with Crippen molar-refractivity contribution < 1.29 is 9.13 Å². The predicted molar refractivity (Wildman–Crippen MR) is 79.7 cm³/mol. The molecule has 0 aliphatic heterocycles. The van der Waals surface area contributed by atoms with Crippen LogP contribution in [0, 0.1) is 20.7 Å². The van der Waals surface area contributed by atoms with Crippen molar-refractivity contribution in [1.82, 2.24) is 9.78 Å². The molecule has 1 fully saturated rings. The maximum atomic E-state index is 14.2. The Labute approximate surface area is 129 Å². The maximum Gasteiger partial charge on any atom is 0.138 e. The van der Waals surface area contributed by atoms with Crippen molar-refractivity contribution in [3.05, 3.63) is 33.3 Å². The number of hydrogen-bond acceptors (Lipinski definition) is 3. The molecule has 0 unspecified atom stereocenters. The van der Waals surface area contributed by atoms with Gasteiger partial charge >= 0.3 is 0 Å². The van der Waals surface area contributed by atoms with Crippen LogP contribution >= 0.6 is 22.6 Å². The molecule has 1 aliphatic carbocycles. The summed E-state index contributed by atoms with van der Waals surface area (Å²) in [5.41, 5.74) is 1.09. The first-order valence-electron chi connectivity index (χ1n) is 6.19. The van der Waals surface area contributed by atoms with Crippen LogP contribution in [0.1, 0.15) is 18.4 Å². The van der Waals surface area contributed by atoms with Crippen LogP contribution in [0.25, 0.3) is 11.3 Å². The zero-order valence-electron chi connectivity index (χ0n) is 10.7. The molecule has 0 atom stereocenters. The molecule has 0 saturated heterocycles. The molecular weight excluding hydrogens is 372 g/mol. The summed E-state index contributed by atoms with van der Waals surface area (Å²) in [7, 11) is 1.73. The van der Waals surface area contributed by atoms with E-state index >= 15 is 0 Å². The molecule has 0 amide bonds. The molecule has 1 aliphatic rings. The van der Waals surface area contributed by atoms with Crippen molar-refractivity contribution in [3.63, 3.8) is 0 Å². The van der Waals surface area contributed by atoms with Crippen LogP contribution in [0.5, 0.6) is 5.75 Å². The topological polar surface area (TPSA) is 50.8 Å². The zero-order chi connectivity index (χ0) is 14.3. The second-order valence-electron chi connectivity index (χ2n) is 4.69. The summed E-state index contributed by atoms with van der Waals surface area (Å²) in [6.07, 6.45) is 3.78. The second-order valence-corrected chi connectivity index (χ2v) is 5.85. The zero-order valence-corrected chi connectivity index (χ0v) is 12.9. The first kappa shape index (κ1) is 13.4. The highest BCUT2D eigenvalue weighted by Gasteiger charge is 2.27. The highest BCUT2D eigenvalue weighted by Crippen LogP contribution is 2.37. The van der Waals surface area contributed by atoms with Gasteiger partial charge in [-0.1, -0.05) is 0 Å². The maximum absolute atomic E-state index is 14.2. The quantitative estimate of drug-likeness (QED) is 0.765. The Kier molecular flexibility index (Phi) is 3.38. The van der Waals surface area contributed by atoms with Gasteiger partial charge in [-0.15, -0.1) is 0 Å². The summed E-state index contributed by atoms with van der Waals surface area (Å²) < 4.78 is 22.3. The van der Waals surface area contributed by atoms with Crippen LogP contribution in [-0.4, -0.2) is 15.9 Å². The summed E-state index contributed by atoms with van der Waals surface area (Å²) in [6, 6.07) is 4.94. The Balaban J connectivity index is 2.20. The van der Waals surface area contributed by atoms with Crippen LogP contribution in [0.3, 0.4) is 0 Å². The number of nitriles is 1. The molecule has 1 saturated carbocycles. The molecule has 6 heteroatoms. The Morgan fingerprint density at radius 3 is 2.80 bits per heavy atom. The molecule has 2 aromatic rings. The van der Waals surface area contributed by atoms with Gasteiger partial charge in [-0.3, -0.25) is 4.68 Å². The summed E-state index contributed by atoms with van der Waals surface area (Å²) in [6.45, 7) is 0. The van der Waals surface area contributed by atoms with Gasteiger partial charge in [0.25, 0.3) is 0 Å². The smallest absolute Gasteiger partial charge is 0.138 e. The fourth-order valence-corrected chi connectivity index (χ4v) is 2.80. The largest absolute Gasteiger partial charge is 0.489 e. The van der Waals surface area contributed by atoms with Gasteiger partial charge < -0.3 is 4.74 Å². The van der Waals surface area contributed by atoms with Crippen LogP contribution < -0.4 is 4.74 Å². The van der Waals surface area contributed by atoms with E-state index in [1.54, 1.807) is 17.9 Å². The van der Waals surface area contributed by atoms with Crippen LogP contribution in [-0.2, 0) is 7.05 Å². The highest BCUT2D eigenvalue weighted by molar-refractivity contribution is 14.1. The molecule has 0 radical (unpaired) electrons. The Morgan fingerprint density at radius 1 is 1.50 bits per heavy atom. The van der Waals surface area contributed by atoms with Gasteiger partial charge in [0.1, 0.15) is 23.2 Å². The number of ether oxygens (including phenoxy) is 1. The van der Waals surface area contributed by atoms with E-state index in [0.29, 0.717) is 11.4 Å². The van der Waals surface area contributed by atoms with Gasteiger partial charge in [0.05, 0.1) is 27.1 Å². The number of rotatable bonds is 3. The summed E-state index contributed by atoms with van der Waals surface area (Å²) in [4.78, 5) is 0. The normalized spacial score (nSPS) is 14.1. The third kappa shape index (κ3) is 2.26. The van der Waals surface area contributed by atoms with Gasteiger partial charge in [-0.25, -0.2) is 4.39 Å². The molecule has 20 heavy (non-hydrogen) atoms. The summed E-state index contributed by atoms with van der Waals surface area (Å²) in [5, 5.41) is 13.5. The van der Waals surface area contributed by atoms with Gasteiger partial charge in [0, 0.05) is 7.05 Å². The van der Waals surface area contributed by atoms with E-state index in [1.165, 1.54) is 12.1 Å². The highest BCUT2D eigenvalue weighted by atomic mass is 127. The van der Waals surface area contributed by atoms with Crippen LogP contribution in [0.4, 0.5) is 4.39 Å². The monoisotopic (exact) mass is 383 g/mol. The van der Waals surface area contributed by atoms with Crippen molar-refractivity contribution in [3.8, 4) is 23.1 Å². The van der Waals surface area contributed by atoms with E-state index in [0.717, 1.165) is 16.4 Å². The lowest BCUT2D eigenvalue weighted by atomic mass is 10.0. The number of hydrogen-bond donors (Lipinski definition) is 0. The van der Waals surface area contributed by atoms with E-state index in [2.05, 4.69) is 33.8 Å². The molecular formula is C14H11FIN3O. The first-order chi connectivity index (χ1) is 9.61. The van der Waals surface area contributed by atoms with Crippen molar-refractivity contribution in [2.45, 2.75) is 18.9 Å². The number of nitrogens with zero attached hydrogens (tertiary/aromatic N) is 3. The molecule has 0 bridgehead atoms. The Morgan fingerprint density at radius 2 is 2.25 bits per heavy atom. The third-order valence-corrected chi connectivity index (χ3v) is 3.97. The van der Waals surface area contributed by atoms with Gasteiger partial charge in [-0.05, 0) is 47.6 Å². The number of aryl methyl sites for hydroxylation is 1. The second kappa shape index (κ2) is 5.05. The lowest BCUT2D eigenvalue weighted by Crippen LogP contribution is -2.04. The minimum absolute atomic E-state index is 0.158. The third-order valence-electron chi connectivity index (χ3n) is 3.18. The van der Waals surface area contributed by atoms with E-state index in [1.807, 2.05) is 0 Å². The SMILES string of the molecule is Cn1ncc(I)c1-c1c(F)ccc(OC2CC2)c1C#N. The summed E-state index contributed by atoms with van der Waals surface area (Å²) >= 11 is 2.08. The molecule has 4 nitrogen and oxygen atoms in total. The fraction of sp³-hybridized carbons (Fsp3) is 0.286. The first-order valence-corrected chi connectivity index (χ1v) is 7.27. The van der Waals surface area contributed by atoms with E-state index in [-0.39, 0.29) is 17.2 Å². The average Bonchev–Trinajstić information content (AvgIpc) is 3.18. The van der Waals surface area contributed by atoms with E-state index in [9.17, 15) is 9.65 Å². The number of aromatic nitrogens is 2. The van der Waals surface area contributed by atoms with Crippen molar-refractivity contribution >= 4 is 22.6 Å². The molecule has 0 spiro atoms. The fourth-order valence-electron chi connectivity index (χ4n) is 2.06. The molecule has 102 valence electrons. The average molecular weight is 383 g/mol. The number of halogens is 2. The molecule has 1 aromatic heterocycles. The minimum atomic E-state index is -0.439. The lowest BCUT2D eigenvalue weighted by molar-refractivity contribution is 0.302. The van der Waals surface area contributed by atoms with Gasteiger partial charge in [0.15, 0.2) is 0 Å². The molecule has 3 rings (SSSR count). The van der Waals surface area contributed by atoms with Crippen molar-refractivity contribution in [2.75, 3.05) is 0 Å². The predicted octanol–water partition coefficient (Wildman–Crippen LogP) is 3.24.